The molecule has 0 bridgehead atoms. The zero-order chi connectivity index (χ0) is 17.7. The van der Waals surface area contributed by atoms with Crippen molar-refractivity contribution in [2.45, 2.75) is 11.7 Å². The van der Waals surface area contributed by atoms with E-state index in [0.717, 1.165) is 16.2 Å². The molecule has 10 heteroatoms. The summed E-state index contributed by atoms with van der Waals surface area (Å²) in [4.78, 5) is 22.3. The van der Waals surface area contributed by atoms with Gasteiger partial charge in [-0.3, -0.25) is 9.59 Å². The molecule has 1 aromatic rings. The molecule has 1 amide bonds. The summed E-state index contributed by atoms with van der Waals surface area (Å²) < 4.78 is 11.1. The van der Waals surface area contributed by atoms with Crippen molar-refractivity contribution in [1.82, 2.24) is 5.32 Å². The van der Waals surface area contributed by atoms with Gasteiger partial charge in [0.05, 0.1) is 26.9 Å². The first-order valence-corrected chi connectivity index (χ1v) is 8.33. The van der Waals surface area contributed by atoms with Gasteiger partial charge in [0.1, 0.15) is 5.25 Å². The van der Waals surface area contributed by atoms with Crippen LogP contribution in [0.25, 0.3) is 0 Å². The van der Waals surface area contributed by atoms with Crippen LogP contribution in [0.2, 0.25) is 0 Å². The van der Waals surface area contributed by atoms with E-state index in [1.165, 1.54) is 20.4 Å². The van der Waals surface area contributed by atoms with Crippen molar-refractivity contribution in [3.05, 3.63) is 22.2 Å². The van der Waals surface area contributed by atoms with Crippen LogP contribution >= 0.6 is 27.7 Å². The highest BCUT2D eigenvalue weighted by Crippen LogP contribution is 2.32. The number of hydrogen-bond donors (Lipinski definition) is 2. The molecule has 0 saturated carbocycles. The van der Waals surface area contributed by atoms with Crippen molar-refractivity contribution in [2.75, 3.05) is 14.2 Å². The van der Waals surface area contributed by atoms with Crippen LogP contribution in [0.3, 0.4) is 0 Å². The zero-order valence-corrected chi connectivity index (χ0v) is 15.2. The van der Waals surface area contributed by atoms with E-state index in [1.807, 2.05) is 0 Å². The minimum atomic E-state index is -1.04. The van der Waals surface area contributed by atoms with Gasteiger partial charge in [-0.05, 0) is 28.1 Å². The molecule has 0 radical (unpaired) electrons. The molecule has 24 heavy (non-hydrogen) atoms. The number of carboxylic acids is 1. The summed E-state index contributed by atoms with van der Waals surface area (Å²) in [6.45, 7) is 0. The van der Waals surface area contributed by atoms with Crippen LogP contribution in [-0.2, 0) is 9.59 Å². The van der Waals surface area contributed by atoms with Crippen molar-refractivity contribution >= 4 is 51.0 Å². The number of amides is 1. The summed E-state index contributed by atoms with van der Waals surface area (Å²) in [5.74, 6) is -0.312. The lowest BCUT2D eigenvalue weighted by Crippen LogP contribution is -2.26. The summed E-state index contributed by atoms with van der Waals surface area (Å²) in [7, 11) is 3.07. The minimum absolute atomic E-state index is 0.263. The molecule has 0 aromatic heterocycles. The van der Waals surface area contributed by atoms with E-state index in [9.17, 15) is 9.59 Å². The van der Waals surface area contributed by atoms with Gasteiger partial charge in [-0.2, -0.15) is 5.10 Å². The molecule has 2 N–H and O–H groups in total. The van der Waals surface area contributed by atoms with Crippen LogP contribution in [0.5, 0.6) is 11.5 Å². The average molecular weight is 416 g/mol. The van der Waals surface area contributed by atoms with E-state index < -0.39 is 11.2 Å². The summed E-state index contributed by atoms with van der Waals surface area (Å²) in [6, 6.07) is 3.46. The van der Waals surface area contributed by atoms with Crippen LogP contribution in [-0.4, -0.2) is 47.8 Å². The first-order valence-electron chi connectivity index (χ1n) is 6.66. The number of carboxylic acid groups (broad SMARTS) is 1. The van der Waals surface area contributed by atoms with Crippen molar-refractivity contribution in [3.8, 4) is 11.5 Å². The second-order valence-electron chi connectivity index (χ2n) is 4.57. The maximum absolute atomic E-state index is 11.6. The molecular weight excluding hydrogens is 402 g/mol. The third-order valence-corrected chi connectivity index (χ3v) is 4.74. The lowest BCUT2D eigenvalue weighted by Gasteiger charge is -2.09. The number of carbonyl (C=O) groups excluding carboxylic acids is 1. The summed E-state index contributed by atoms with van der Waals surface area (Å²) in [5.41, 5.74) is 0.702. The third-order valence-electron chi connectivity index (χ3n) is 2.98. The normalized spacial score (nSPS) is 18.9. The Bertz CT molecular complexity index is 723. The molecule has 1 fully saturated rings. The lowest BCUT2D eigenvalue weighted by atomic mass is 10.2. The summed E-state index contributed by atoms with van der Waals surface area (Å²) in [5, 5.41) is 18.6. The number of hydrogen-bond acceptors (Lipinski definition) is 7. The molecule has 2 rings (SSSR count). The van der Waals surface area contributed by atoms with Crippen molar-refractivity contribution in [1.29, 1.82) is 0 Å². The van der Waals surface area contributed by atoms with Gasteiger partial charge in [0.15, 0.2) is 16.7 Å². The van der Waals surface area contributed by atoms with E-state index in [1.54, 1.807) is 12.1 Å². The van der Waals surface area contributed by atoms with Crippen molar-refractivity contribution < 1.29 is 24.2 Å². The molecule has 0 unspecified atom stereocenters. The molecule has 0 spiro atoms. The Hall–Kier alpha value is -2.07. The second kappa shape index (κ2) is 8.15. The van der Waals surface area contributed by atoms with Crippen molar-refractivity contribution in [3.63, 3.8) is 0 Å². The van der Waals surface area contributed by atoms with Gasteiger partial charge in [0.2, 0.25) is 5.91 Å². The molecule has 128 valence electrons. The number of amidine groups is 1. The van der Waals surface area contributed by atoms with Crippen LogP contribution in [0.4, 0.5) is 0 Å². The van der Waals surface area contributed by atoms with Gasteiger partial charge in [-0.15, -0.1) is 5.10 Å². The Morgan fingerprint density at radius 2 is 2.08 bits per heavy atom. The number of halogens is 1. The number of thioether (sulfide) groups is 1. The Balaban J connectivity index is 2.12. The summed E-state index contributed by atoms with van der Waals surface area (Å²) >= 11 is 4.43. The smallest absolute Gasteiger partial charge is 0.305 e. The minimum Gasteiger partial charge on any atom is -0.493 e. The fourth-order valence-corrected chi connectivity index (χ4v) is 3.20. The number of nitrogens with zero attached hydrogens (tertiary/aromatic N) is 2. The Kier molecular flexibility index (Phi) is 6.21. The molecule has 1 aliphatic rings. The van der Waals surface area contributed by atoms with Gasteiger partial charge >= 0.3 is 5.97 Å². The van der Waals surface area contributed by atoms with E-state index in [0.29, 0.717) is 17.1 Å². The molecule has 1 aromatic carbocycles. The highest BCUT2D eigenvalue weighted by atomic mass is 79.9. The lowest BCUT2D eigenvalue weighted by molar-refractivity contribution is -0.138. The van der Waals surface area contributed by atoms with Crippen molar-refractivity contribution in [2.24, 2.45) is 10.2 Å². The number of ether oxygens (including phenoxy) is 2. The van der Waals surface area contributed by atoms with Gasteiger partial charge in [0.25, 0.3) is 0 Å². The molecular formula is C14H14BrN3O5S. The molecule has 0 aliphatic carbocycles. The van der Waals surface area contributed by atoms with Crippen LogP contribution < -0.4 is 14.8 Å². The predicted octanol–water partition coefficient (Wildman–Crippen LogP) is 1.86. The topological polar surface area (TPSA) is 110 Å². The van der Waals surface area contributed by atoms with Gasteiger partial charge in [-0.1, -0.05) is 11.8 Å². The van der Waals surface area contributed by atoms with Gasteiger partial charge in [-0.25, -0.2) is 0 Å². The first kappa shape index (κ1) is 18.3. The number of benzene rings is 1. The average Bonchev–Trinajstić information content (AvgIpc) is 2.87. The maximum Gasteiger partial charge on any atom is 0.305 e. The van der Waals surface area contributed by atoms with Crippen LogP contribution in [0, 0.1) is 0 Å². The Labute approximate surface area is 150 Å². The fraction of sp³-hybridized carbons (Fsp3) is 0.286. The number of aliphatic carboxylic acids is 1. The SMILES string of the molecule is COc1cc(Br)c(/C=N\N=C2\NC(=O)[C@@H](CC(=O)O)S2)cc1OC. The maximum atomic E-state index is 11.6. The van der Waals surface area contributed by atoms with Crippen LogP contribution in [0.1, 0.15) is 12.0 Å². The molecule has 1 saturated heterocycles. The molecule has 1 heterocycles. The quantitative estimate of drug-likeness (QED) is 0.541. The van der Waals surface area contributed by atoms with E-state index in [2.05, 4.69) is 31.4 Å². The Morgan fingerprint density at radius 3 is 2.71 bits per heavy atom. The number of nitrogens with one attached hydrogen (secondary N) is 1. The monoisotopic (exact) mass is 415 g/mol. The fourth-order valence-electron chi connectivity index (χ4n) is 1.86. The van der Waals surface area contributed by atoms with E-state index in [-0.39, 0.29) is 17.5 Å². The molecule has 1 atom stereocenters. The molecule has 8 nitrogen and oxygen atoms in total. The van der Waals surface area contributed by atoms with Crippen LogP contribution in [0.15, 0.2) is 26.8 Å². The highest BCUT2D eigenvalue weighted by molar-refractivity contribution is 9.10. The van der Waals surface area contributed by atoms with E-state index in [4.69, 9.17) is 14.6 Å². The van der Waals surface area contributed by atoms with Gasteiger partial charge in [0, 0.05) is 10.0 Å². The van der Waals surface area contributed by atoms with E-state index >= 15 is 0 Å². The Morgan fingerprint density at radius 1 is 1.42 bits per heavy atom. The third kappa shape index (κ3) is 4.48. The van der Waals surface area contributed by atoms with Gasteiger partial charge < -0.3 is 19.9 Å². The largest absolute Gasteiger partial charge is 0.493 e. The number of carbonyl (C=O) groups is 2. The standard InChI is InChI=1S/C14H14BrN3O5S/c1-22-9-3-7(8(15)4-10(9)23-2)6-16-18-14-17-13(21)11(24-14)5-12(19)20/h3-4,6,11H,5H2,1-2H3,(H,19,20)(H,17,18,21)/b16-6-/t11-/m1/s1. The summed E-state index contributed by atoms with van der Waals surface area (Å²) in [6.07, 6.45) is 1.22. The predicted molar refractivity (Wildman–Crippen MR) is 94.0 cm³/mol. The second-order valence-corrected chi connectivity index (χ2v) is 6.62. The highest BCUT2D eigenvalue weighted by Gasteiger charge is 2.32. The zero-order valence-electron chi connectivity index (χ0n) is 12.8. The molecule has 1 aliphatic heterocycles. The number of rotatable bonds is 6. The number of methoxy groups -OCH3 is 2. The first-order chi connectivity index (χ1) is 11.4.